The second-order valence-electron chi connectivity index (χ2n) is 13.0. The average Bonchev–Trinajstić information content (AvgIpc) is 3.54. The van der Waals surface area contributed by atoms with Crippen LogP contribution in [0, 0.1) is 5.41 Å². The highest BCUT2D eigenvalue weighted by atomic mass is 15.1. The summed E-state index contributed by atoms with van der Waals surface area (Å²) in [6, 6.07) is 56.8. The molecular weight excluding hydrogens is 581 g/mol. The van der Waals surface area contributed by atoms with E-state index in [2.05, 4.69) is 187 Å². The van der Waals surface area contributed by atoms with Gasteiger partial charge in [0.15, 0.2) is 0 Å². The van der Waals surface area contributed by atoms with Gasteiger partial charge in [0.1, 0.15) is 5.82 Å². The van der Waals surface area contributed by atoms with Crippen molar-refractivity contribution in [3.63, 3.8) is 0 Å². The predicted octanol–water partition coefficient (Wildman–Crippen LogP) is 9.66. The molecule has 0 unspecified atom stereocenters. The lowest BCUT2D eigenvalue weighted by Crippen LogP contribution is -2.42. The third kappa shape index (κ3) is 4.52. The predicted molar refractivity (Wildman–Crippen MR) is 199 cm³/mol. The zero-order valence-electron chi connectivity index (χ0n) is 26.8. The van der Waals surface area contributed by atoms with Crippen molar-refractivity contribution in [1.82, 2.24) is 9.55 Å². The largest absolute Gasteiger partial charge is 0.292 e. The molecule has 6 aromatic carbocycles. The van der Waals surface area contributed by atoms with E-state index in [0.717, 1.165) is 34.5 Å². The molecule has 0 N–H and O–H groups in total. The fraction of sp³-hybridized carbons (Fsp3) is 0.0652. The number of hydrogen-bond donors (Lipinski definition) is 0. The van der Waals surface area contributed by atoms with E-state index in [1.807, 2.05) is 0 Å². The summed E-state index contributed by atoms with van der Waals surface area (Å²) in [6.07, 6.45) is 7.87. The molecule has 2 aliphatic carbocycles. The van der Waals surface area contributed by atoms with Crippen molar-refractivity contribution in [2.45, 2.75) is 13.3 Å². The SMILES string of the molecule is C[C@@]12CC=CC=C1C(c1ccc(-n3c(-c4ccccc4)nc4ccccc43)cc1)=c1cc(-c3ccccc3)ccc1=C2c1ccccc1. The summed E-state index contributed by atoms with van der Waals surface area (Å²) >= 11 is 0. The maximum Gasteiger partial charge on any atom is 0.145 e. The van der Waals surface area contributed by atoms with Crippen LogP contribution in [0.3, 0.4) is 0 Å². The van der Waals surface area contributed by atoms with Gasteiger partial charge in [0.2, 0.25) is 0 Å². The maximum atomic E-state index is 5.08. The molecule has 0 saturated heterocycles. The average molecular weight is 615 g/mol. The fourth-order valence-corrected chi connectivity index (χ4v) is 7.81. The van der Waals surface area contributed by atoms with Gasteiger partial charge in [0.05, 0.1) is 11.0 Å². The lowest BCUT2D eigenvalue weighted by molar-refractivity contribution is 0.547. The van der Waals surface area contributed by atoms with Crippen molar-refractivity contribution in [1.29, 1.82) is 0 Å². The number of para-hydroxylation sites is 2. The van der Waals surface area contributed by atoms with Gasteiger partial charge in [-0.2, -0.15) is 0 Å². The Morgan fingerprint density at radius 3 is 1.92 bits per heavy atom. The van der Waals surface area contributed by atoms with Gasteiger partial charge in [-0.05, 0) is 86.2 Å². The molecule has 0 amide bonds. The number of aromatic nitrogens is 2. The van der Waals surface area contributed by atoms with Gasteiger partial charge < -0.3 is 0 Å². The van der Waals surface area contributed by atoms with Crippen LogP contribution >= 0.6 is 0 Å². The Balaban J connectivity index is 1.31. The zero-order chi connectivity index (χ0) is 32.1. The highest BCUT2D eigenvalue weighted by molar-refractivity contribution is 5.92. The lowest BCUT2D eigenvalue weighted by atomic mass is 9.62. The van der Waals surface area contributed by atoms with Crippen molar-refractivity contribution >= 4 is 22.2 Å². The number of hydrogen-bond acceptors (Lipinski definition) is 1. The van der Waals surface area contributed by atoms with Crippen molar-refractivity contribution < 1.29 is 0 Å². The molecule has 0 radical (unpaired) electrons. The first kappa shape index (κ1) is 28.3. The Labute approximate surface area is 281 Å². The first-order valence-electron chi connectivity index (χ1n) is 16.7. The van der Waals surface area contributed by atoms with Crippen molar-refractivity contribution in [3.8, 4) is 28.2 Å². The molecule has 1 aromatic heterocycles. The van der Waals surface area contributed by atoms with Crippen LogP contribution in [-0.4, -0.2) is 9.55 Å². The second-order valence-corrected chi connectivity index (χ2v) is 13.0. The van der Waals surface area contributed by atoms with Gasteiger partial charge in [-0.25, -0.2) is 4.98 Å². The van der Waals surface area contributed by atoms with Gasteiger partial charge in [0.25, 0.3) is 0 Å². The Kier molecular flexibility index (Phi) is 6.69. The van der Waals surface area contributed by atoms with E-state index in [-0.39, 0.29) is 5.41 Å². The third-order valence-corrected chi connectivity index (χ3v) is 10.1. The minimum absolute atomic E-state index is 0.174. The molecule has 228 valence electrons. The van der Waals surface area contributed by atoms with Crippen LogP contribution in [-0.2, 0) is 0 Å². The Hall–Kier alpha value is -5.99. The molecule has 0 bridgehead atoms. The van der Waals surface area contributed by atoms with E-state index in [4.69, 9.17) is 4.98 Å². The minimum Gasteiger partial charge on any atom is -0.292 e. The van der Waals surface area contributed by atoms with Crippen LogP contribution in [0.4, 0.5) is 0 Å². The number of benzene rings is 6. The molecule has 2 aliphatic rings. The van der Waals surface area contributed by atoms with E-state index in [1.54, 1.807) is 0 Å². The Morgan fingerprint density at radius 2 is 1.19 bits per heavy atom. The smallest absolute Gasteiger partial charge is 0.145 e. The second kappa shape index (κ2) is 11.4. The van der Waals surface area contributed by atoms with Crippen molar-refractivity contribution in [2.24, 2.45) is 5.41 Å². The molecule has 2 nitrogen and oxygen atoms in total. The quantitative estimate of drug-likeness (QED) is 0.189. The molecule has 0 spiro atoms. The third-order valence-electron chi connectivity index (χ3n) is 10.1. The molecule has 9 rings (SSSR count). The molecule has 0 saturated carbocycles. The van der Waals surface area contributed by atoms with Crippen LogP contribution in [0.2, 0.25) is 0 Å². The number of imidazole rings is 1. The topological polar surface area (TPSA) is 17.8 Å². The number of rotatable bonds is 5. The highest BCUT2D eigenvalue weighted by Crippen LogP contribution is 2.50. The standard InChI is InChI=1S/C46H34N2/c1-46-30-14-13-21-40(46)43(39-31-36(32-15-5-2-6-16-32)26-29-38(39)44(46)34-17-7-3-8-18-34)33-24-27-37(28-25-33)48-42-23-12-11-22-41(42)47-45(48)35-19-9-4-10-20-35/h2-29,31H,30H2,1H3/t46-/m1/s1. The van der Waals surface area contributed by atoms with Gasteiger partial charge in [0, 0.05) is 16.7 Å². The summed E-state index contributed by atoms with van der Waals surface area (Å²) in [6.45, 7) is 2.43. The first-order valence-corrected chi connectivity index (χ1v) is 16.7. The van der Waals surface area contributed by atoms with Crippen LogP contribution in [0.25, 0.3) is 50.4 Å². The molecule has 48 heavy (non-hydrogen) atoms. The summed E-state index contributed by atoms with van der Waals surface area (Å²) in [7, 11) is 0. The molecule has 1 atom stereocenters. The van der Waals surface area contributed by atoms with E-state index in [9.17, 15) is 0 Å². The van der Waals surface area contributed by atoms with Crippen LogP contribution in [0.15, 0.2) is 182 Å². The summed E-state index contributed by atoms with van der Waals surface area (Å²) in [5.41, 5.74) is 13.1. The van der Waals surface area contributed by atoms with E-state index >= 15 is 0 Å². The van der Waals surface area contributed by atoms with Gasteiger partial charge in [-0.3, -0.25) is 4.57 Å². The van der Waals surface area contributed by atoms with E-state index in [1.165, 1.54) is 49.4 Å². The summed E-state index contributed by atoms with van der Waals surface area (Å²) in [4.78, 5) is 5.08. The molecule has 7 aromatic rings. The molecular formula is C46H34N2. The van der Waals surface area contributed by atoms with Crippen LogP contribution in [0.1, 0.15) is 24.5 Å². The van der Waals surface area contributed by atoms with Gasteiger partial charge in [-0.1, -0.05) is 153 Å². The first-order chi connectivity index (χ1) is 23.7. The maximum absolute atomic E-state index is 5.08. The number of fused-ring (bicyclic) bond motifs is 3. The summed E-state index contributed by atoms with van der Waals surface area (Å²) in [5, 5.41) is 2.59. The van der Waals surface area contributed by atoms with Crippen molar-refractivity contribution in [3.05, 3.63) is 203 Å². The van der Waals surface area contributed by atoms with Gasteiger partial charge >= 0.3 is 0 Å². The van der Waals surface area contributed by atoms with Gasteiger partial charge in [-0.15, -0.1) is 0 Å². The minimum atomic E-state index is -0.174. The number of allylic oxidation sites excluding steroid dienone is 4. The Morgan fingerprint density at radius 1 is 0.562 bits per heavy atom. The van der Waals surface area contributed by atoms with E-state index in [0.29, 0.717) is 0 Å². The summed E-state index contributed by atoms with van der Waals surface area (Å²) < 4.78 is 2.29. The van der Waals surface area contributed by atoms with Crippen LogP contribution in [0.5, 0.6) is 0 Å². The fourth-order valence-electron chi connectivity index (χ4n) is 7.81. The lowest BCUT2D eigenvalue weighted by Gasteiger charge is -2.40. The summed E-state index contributed by atoms with van der Waals surface area (Å²) in [5.74, 6) is 0.947. The van der Waals surface area contributed by atoms with Crippen LogP contribution < -0.4 is 10.4 Å². The number of nitrogens with zero attached hydrogens (tertiary/aromatic N) is 2. The van der Waals surface area contributed by atoms with E-state index < -0.39 is 0 Å². The molecule has 0 fully saturated rings. The molecule has 1 heterocycles. The molecule has 2 heteroatoms. The normalized spacial score (nSPS) is 16.8. The molecule has 0 aliphatic heterocycles. The highest BCUT2D eigenvalue weighted by Gasteiger charge is 2.39. The Bertz CT molecular complexity index is 2500. The zero-order valence-corrected chi connectivity index (χ0v) is 26.8. The monoisotopic (exact) mass is 614 g/mol. The van der Waals surface area contributed by atoms with Crippen molar-refractivity contribution in [2.75, 3.05) is 0 Å².